The van der Waals surface area contributed by atoms with Crippen molar-refractivity contribution in [1.82, 2.24) is 19.1 Å². The monoisotopic (exact) mass is 364 g/mol. The van der Waals surface area contributed by atoms with Gasteiger partial charge in [0.05, 0.1) is 23.6 Å². The van der Waals surface area contributed by atoms with E-state index in [1.54, 1.807) is 6.92 Å². The Kier molecular flexibility index (Phi) is 4.87. The number of fused-ring (bicyclic) bond motifs is 1. The summed E-state index contributed by atoms with van der Waals surface area (Å²) in [5, 5.41) is 8.18. The number of rotatable bonds is 6. The predicted octanol–water partition coefficient (Wildman–Crippen LogP) is 1.22. The molecule has 1 aliphatic heterocycles. The second kappa shape index (κ2) is 6.93. The lowest BCUT2D eigenvalue weighted by molar-refractivity contribution is 0.0526. The maximum Gasteiger partial charge on any atom is 0.338 e. The molecule has 0 unspecified atom stereocenters. The van der Waals surface area contributed by atoms with E-state index in [2.05, 4.69) is 10.2 Å². The van der Waals surface area contributed by atoms with Gasteiger partial charge in [0.25, 0.3) is 0 Å². The van der Waals surface area contributed by atoms with Crippen LogP contribution in [-0.4, -0.2) is 47.1 Å². The first-order valence-corrected chi connectivity index (χ1v) is 9.52. The molecule has 0 radical (unpaired) electrons. The summed E-state index contributed by atoms with van der Waals surface area (Å²) in [4.78, 5) is 11.8. The number of aromatic nitrogens is 3. The summed E-state index contributed by atoms with van der Waals surface area (Å²) in [7, 11) is -2.18. The number of hydrogen-bond donors (Lipinski definition) is 0. The van der Waals surface area contributed by atoms with E-state index in [1.807, 2.05) is 4.57 Å². The third-order valence-corrected chi connectivity index (χ3v) is 5.94. The van der Waals surface area contributed by atoms with Crippen LogP contribution in [0, 0.1) is 0 Å². The highest BCUT2D eigenvalue weighted by Gasteiger charge is 2.25. The molecule has 0 atom stereocenters. The molecule has 0 fully saturated rings. The smallest absolute Gasteiger partial charge is 0.338 e. The average molecular weight is 364 g/mol. The fourth-order valence-corrected chi connectivity index (χ4v) is 3.89. The molecule has 0 spiro atoms. The van der Waals surface area contributed by atoms with Gasteiger partial charge in [0.1, 0.15) is 11.6 Å². The van der Waals surface area contributed by atoms with Crippen LogP contribution in [0.3, 0.4) is 0 Å². The van der Waals surface area contributed by atoms with Crippen LogP contribution in [0.5, 0.6) is 0 Å². The van der Waals surface area contributed by atoms with Crippen molar-refractivity contribution < 1.29 is 17.9 Å². The number of esters is 1. The van der Waals surface area contributed by atoms with E-state index in [9.17, 15) is 13.2 Å². The third-order valence-electron chi connectivity index (χ3n) is 4.12. The molecule has 0 bridgehead atoms. The van der Waals surface area contributed by atoms with Crippen molar-refractivity contribution in [3.8, 4) is 0 Å². The first-order valence-electron chi connectivity index (χ1n) is 8.08. The zero-order valence-electron chi connectivity index (χ0n) is 14.2. The van der Waals surface area contributed by atoms with E-state index in [-0.39, 0.29) is 18.0 Å². The molecule has 1 aromatic heterocycles. The van der Waals surface area contributed by atoms with Crippen LogP contribution in [0.25, 0.3) is 0 Å². The first kappa shape index (κ1) is 17.6. The van der Waals surface area contributed by atoms with E-state index in [0.717, 1.165) is 25.2 Å². The molecule has 0 saturated heterocycles. The zero-order valence-corrected chi connectivity index (χ0v) is 15.0. The van der Waals surface area contributed by atoms with Gasteiger partial charge in [-0.15, -0.1) is 10.2 Å². The van der Waals surface area contributed by atoms with Gasteiger partial charge < -0.3 is 9.30 Å². The first-order chi connectivity index (χ1) is 11.9. The number of hydrogen-bond acceptors (Lipinski definition) is 6. The Morgan fingerprint density at radius 2 is 2.00 bits per heavy atom. The second-order valence-corrected chi connectivity index (χ2v) is 7.84. The molecule has 1 aliphatic rings. The van der Waals surface area contributed by atoms with Gasteiger partial charge >= 0.3 is 5.97 Å². The molecule has 2 aromatic rings. The lowest BCUT2D eigenvalue weighted by atomic mass is 10.2. The Bertz CT molecular complexity index is 874. The van der Waals surface area contributed by atoms with Crippen molar-refractivity contribution in [2.45, 2.75) is 37.8 Å². The molecule has 0 saturated carbocycles. The van der Waals surface area contributed by atoms with Gasteiger partial charge in [-0.05, 0) is 37.6 Å². The van der Waals surface area contributed by atoms with Crippen molar-refractivity contribution in [1.29, 1.82) is 0 Å². The molecule has 2 heterocycles. The van der Waals surface area contributed by atoms with Crippen molar-refractivity contribution in [2.75, 3.05) is 13.7 Å². The van der Waals surface area contributed by atoms with Gasteiger partial charge in [0.15, 0.2) is 0 Å². The normalized spacial score (nSPS) is 13.9. The molecule has 9 heteroatoms. The average Bonchev–Trinajstić information content (AvgIpc) is 3.20. The molecule has 0 N–H and O–H groups in total. The maximum atomic E-state index is 12.7. The Balaban J connectivity index is 1.77. The van der Waals surface area contributed by atoms with Crippen molar-refractivity contribution in [3.05, 3.63) is 41.5 Å². The van der Waals surface area contributed by atoms with Crippen molar-refractivity contribution in [3.63, 3.8) is 0 Å². The summed E-state index contributed by atoms with van der Waals surface area (Å²) in [6.07, 6.45) is 1.88. The van der Waals surface area contributed by atoms with Crippen LogP contribution in [0.1, 0.15) is 35.4 Å². The number of carbonyl (C=O) groups excluding carboxylic acids is 1. The highest BCUT2D eigenvalue weighted by Crippen LogP contribution is 2.20. The Morgan fingerprint density at radius 3 is 2.68 bits per heavy atom. The van der Waals surface area contributed by atoms with Gasteiger partial charge in [0.2, 0.25) is 10.0 Å². The topological polar surface area (TPSA) is 94.4 Å². The standard InChI is InChI=1S/C16H20N4O4S/c1-3-24-16(21)12-6-8-13(9-7-12)25(22,23)19(2)11-15-18-17-14-5-4-10-20(14)15/h6-9H,3-5,10-11H2,1-2H3. The molecule has 0 aliphatic carbocycles. The summed E-state index contributed by atoms with van der Waals surface area (Å²) in [5.41, 5.74) is 0.318. The summed E-state index contributed by atoms with van der Waals surface area (Å²) in [6.45, 7) is 2.95. The van der Waals surface area contributed by atoms with Crippen molar-refractivity contribution >= 4 is 16.0 Å². The van der Waals surface area contributed by atoms with Crippen LogP contribution < -0.4 is 0 Å². The molecule has 25 heavy (non-hydrogen) atoms. The summed E-state index contributed by atoms with van der Waals surface area (Å²) in [5.74, 6) is 1.07. The summed E-state index contributed by atoms with van der Waals surface area (Å²) in [6, 6.07) is 5.72. The Morgan fingerprint density at radius 1 is 1.28 bits per heavy atom. The van der Waals surface area contributed by atoms with Crippen LogP contribution in [0.15, 0.2) is 29.2 Å². The van der Waals surface area contributed by atoms with E-state index in [4.69, 9.17) is 4.74 Å². The van der Waals surface area contributed by atoms with E-state index in [0.29, 0.717) is 11.4 Å². The molecule has 0 amide bonds. The largest absolute Gasteiger partial charge is 0.462 e. The quantitative estimate of drug-likeness (QED) is 0.716. The van der Waals surface area contributed by atoms with Crippen LogP contribution >= 0.6 is 0 Å². The van der Waals surface area contributed by atoms with E-state index in [1.165, 1.54) is 35.6 Å². The molecule has 134 valence electrons. The Labute approximate surface area is 146 Å². The minimum Gasteiger partial charge on any atom is -0.462 e. The van der Waals surface area contributed by atoms with Crippen LogP contribution in [0.2, 0.25) is 0 Å². The van der Waals surface area contributed by atoms with Gasteiger partial charge in [0, 0.05) is 20.0 Å². The predicted molar refractivity (Wildman–Crippen MR) is 89.4 cm³/mol. The van der Waals surface area contributed by atoms with E-state index < -0.39 is 16.0 Å². The van der Waals surface area contributed by atoms with Crippen LogP contribution in [0.4, 0.5) is 0 Å². The molecular formula is C16H20N4O4S. The third kappa shape index (κ3) is 3.42. The van der Waals surface area contributed by atoms with Gasteiger partial charge in [-0.1, -0.05) is 0 Å². The Hall–Kier alpha value is -2.26. The molecular weight excluding hydrogens is 344 g/mol. The van der Waals surface area contributed by atoms with Crippen LogP contribution in [-0.2, 0) is 34.3 Å². The molecule has 1 aromatic carbocycles. The maximum absolute atomic E-state index is 12.7. The molecule has 3 rings (SSSR count). The second-order valence-electron chi connectivity index (χ2n) is 5.79. The number of aryl methyl sites for hydroxylation is 1. The fraction of sp³-hybridized carbons (Fsp3) is 0.438. The summed E-state index contributed by atoms with van der Waals surface area (Å²) < 4.78 is 33.5. The summed E-state index contributed by atoms with van der Waals surface area (Å²) >= 11 is 0. The minimum absolute atomic E-state index is 0.115. The highest BCUT2D eigenvalue weighted by atomic mass is 32.2. The lowest BCUT2D eigenvalue weighted by Crippen LogP contribution is -2.28. The molecule has 8 nitrogen and oxygen atoms in total. The van der Waals surface area contributed by atoms with E-state index >= 15 is 0 Å². The lowest BCUT2D eigenvalue weighted by Gasteiger charge is -2.17. The van der Waals surface area contributed by atoms with Gasteiger partial charge in [-0.2, -0.15) is 4.31 Å². The zero-order chi connectivity index (χ0) is 18.0. The SMILES string of the molecule is CCOC(=O)c1ccc(S(=O)(=O)N(C)Cc2nnc3n2CCC3)cc1. The number of nitrogens with zero attached hydrogens (tertiary/aromatic N) is 4. The van der Waals surface area contributed by atoms with Gasteiger partial charge in [-0.25, -0.2) is 13.2 Å². The minimum atomic E-state index is -3.69. The van der Waals surface area contributed by atoms with Gasteiger partial charge in [-0.3, -0.25) is 0 Å². The van der Waals surface area contributed by atoms with Crippen molar-refractivity contribution in [2.24, 2.45) is 0 Å². The number of ether oxygens (including phenoxy) is 1. The number of sulfonamides is 1. The number of benzene rings is 1. The fourth-order valence-electron chi connectivity index (χ4n) is 2.77. The highest BCUT2D eigenvalue weighted by molar-refractivity contribution is 7.89. The number of carbonyl (C=O) groups is 1.